The Bertz CT molecular complexity index is 224. The molecule has 2 atom stereocenters. The monoisotopic (exact) mass is 226 g/mol. The SMILES string of the molecule is CN(C)C1(CNC2CCCC2O)CCCC1. The predicted octanol–water partition coefficient (Wildman–Crippen LogP) is 1.36. The van der Waals surface area contributed by atoms with Gasteiger partial charge in [0.15, 0.2) is 0 Å². The van der Waals surface area contributed by atoms with Crippen molar-refractivity contribution in [3.05, 3.63) is 0 Å². The maximum Gasteiger partial charge on any atom is 0.0693 e. The van der Waals surface area contributed by atoms with Crippen LogP contribution in [0.2, 0.25) is 0 Å². The molecule has 2 rings (SSSR count). The minimum Gasteiger partial charge on any atom is -0.392 e. The van der Waals surface area contributed by atoms with E-state index in [0.717, 1.165) is 19.4 Å². The average Bonchev–Trinajstić information content (AvgIpc) is 2.84. The van der Waals surface area contributed by atoms with Crippen molar-refractivity contribution < 1.29 is 5.11 Å². The Labute approximate surface area is 99.2 Å². The molecule has 0 heterocycles. The number of likely N-dealkylation sites (N-methyl/N-ethyl adjacent to an activating group) is 1. The molecule has 2 N–H and O–H groups in total. The highest BCUT2D eigenvalue weighted by molar-refractivity contribution is 4.96. The molecule has 3 nitrogen and oxygen atoms in total. The van der Waals surface area contributed by atoms with Crippen molar-refractivity contribution in [3.63, 3.8) is 0 Å². The Morgan fingerprint density at radius 1 is 1.19 bits per heavy atom. The molecule has 2 aliphatic rings. The van der Waals surface area contributed by atoms with Gasteiger partial charge in [0, 0.05) is 18.1 Å². The number of aliphatic hydroxyl groups is 1. The summed E-state index contributed by atoms with van der Waals surface area (Å²) < 4.78 is 0. The highest BCUT2D eigenvalue weighted by Gasteiger charge is 2.37. The molecule has 0 aromatic heterocycles. The second kappa shape index (κ2) is 5.03. The van der Waals surface area contributed by atoms with Crippen molar-refractivity contribution in [1.29, 1.82) is 0 Å². The number of nitrogens with one attached hydrogen (secondary N) is 1. The van der Waals surface area contributed by atoms with Gasteiger partial charge in [0.25, 0.3) is 0 Å². The van der Waals surface area contributed by atoms with Gasteiger partial charge in [0.2, 0.25) is 0 Å². The Hall–Kier alpha value is -0.120. The van der Waals surface area contributed by atoms with Crippen LogP contribution in [-0.2, 0) is 0 Å². The van der Waals surface area contributed by atoms with Crippen LogP contribution < -0.4 is 5.32 Å². The highest BCUT2D eigenvalue weighted by atomic mass is 16.3. The zero-order valence-corrected chi connectivity index (χ0v) is 10.7. The molecule has 0 amide bonds. The second-order valence-electron chi connectivity index (χ2n) is 5.81. The topological polar surface area (TPSA) is 35.5 Å². The van der Waals surface area contributed by atoms with Gasteiger partial charge in [0.05, 0.1) is 6.10 Å². The largest absolute Gasteiger partial charge is 0.392 e. The molecule has 2 saturated carbocycles. The fraction of sp³-hybridized carbons (Fsp3) is 1.00. The third-order valence-electron chi connectivity index (χ3n) is 4.66. The third-order valence-corrected chi connectivity index (χ3v) is 4.66. The minimum atomic E-state index is -0.111. The summed E-state index contributed by atoms with van der Waals surface area (Å²) in [6.45, 7) is 1.04. The van der Waals surface area contributed by atoms with Crippen LogP contribution in [0.25, 0.3) is 0 Å². The lowest BCUT2D eigenvalue weighted by Crippen LogP contribution is -2.52. The van der Waals surface area contributed by atoms with E-state index in [1.54, 1.807) is 0 Å². The third kappa shape index (κ3) is 2.41. The summed E-state index contributed by atoms with van der Waals surface area (Å²) >= 11 is 0. The first kappa shape index (κ1) is 12.3. The number of hydrogen-bond donors (Lipinski definition) is 2. The van der Waals surface area contributed by atoms with Gasteiger partial charge in [-0.15, -0.1) is 0 Å². The first-order valence-electron chi connectivity index (χ1n) is 6.73. The van der Waals surface area contributed by atoms with E-state index >= 15 is 0 Å². The quantitative estimate of drug-likeness (QED) is 0.760. The lowest BCUT2D eigenvalue weighted by molar-refractivity contribution is 0.116. The molecule has 3 heteroatoms. The summed E-state index contributed by atoms with van der Waals surface area (Å²) in [5.74, 6) is 0. The predicted molar refractivity (Wildman–Crippen MR) is 66.5 cm³/mol. The summed E-state index contributed by atoms with van der Waals surface area (Å²) in [6, 6.07) is 0.345. The van der Waals surface area contributed by atoms with E-state index in [1.165, 1.54) is 32.1 Å². The molecule has 0 spiro atoms. The van der Waals surface area contributed by atoms with Gasteiger partial charge >= 0.3 is 0 Å². The fourth-order valence-electron chi connectivity index (χ4n) is 3.31. The van der Waals surface area contributed by atoms with Crippen molar-refractivity contribution in [2.75, 3.05) is 20.6 Å². The standard InChI is InChI=1S/C13H26N2O/c1-15(2)13(8-3-4-9-13)10-14-11-6-5-7-12(11)16/h11-12,14,16H,3-10H2,1-2H3. The molecular formula is C13H26N2O. The van der Waals surface area contributed by atoms with Crippen molar-refractivity contribution in [2.24, 2.45) is 0 Å². The second-order valence-corrected chi connectivity index (χ2v) is 5.81. The van der Waals surface area contributed by atoms with E-state index in [0.29, 0.717) is 11.6 Å². The molecule has 0 radical (unpaired) electrons. The molecule has 0 aromatic rings. The summed E-state index contributed by atoms with van der Waals surface area (Å²) in [5, 5.41) is 13.4. The van der Waals surface area contributed by atoms with Crippen LogP contribution in [0.1, 0.15) is 44.9 Å². The zero-order valence-electron chi connectivity index (χ0n) is 10.7. The first-order valence-corrected chi connectivity index (χ1v) is 6.73. The van der Waals surface area contributed by atoms with Gasteiger partial charge in [-0.1, -0.05) is 12.8 Å². The molecule has 0 aliphatic heterocycles. The lowest BCUT2D eigenvalue weighted by Gasteiger charge is -2.38. The molecule has 2 fully saturated rings. The van der Waals surface area contributed by atoms with Crippen molar-refractivity contribution in [3.8, 4) is 0 Å². The lowest BCUT2D eigenvalue weighted by atomic mass is 9.95. The number of nitrogens with zero attached hydrogens (tertiary/aromatic N) is 1. The Morgan fingerprint density at radius 3 is 2.38 bits per heavy atom. The zero-order chi connectivity index (χ0) is 11.6. The molecule has 0 bridgehead atoms. The van der Waals surface area contributed by atoms with E-state index in [2.05, 4.69) is 24.3 Å². The molecule has 0 saturated heterocycles. The molecule has 16 heavy (non-hydrogen) atoms. The van der Waals surface area contributed by atoms with Gasteiger partial charge in [-0.25, -0.2) is 0 Å². The summed E-state index contributed by atoms with van der Waals surface area (Å²) in [7, 11) is 4.39. The van der Waals surface area contributed by atoms with Gasteiger partial charge in [-0.05, 0) is 46.2 Å². The van der Waals surface area contributed by atoms with Gasteiger partial charge < -0.3 is 15.3 Å². The minimum absolute atomic E-state index is 0.111. The maximum absolute atomic E-state index is 9.81. The molecule has 2 aliphatic carbocycles. The van der Waals surface area contributed by atoms with Gasteiger partial charge in [0.1, 0.15) is 0 Å². The Kier molecular flexibility index (Phi) is 3.88. The average molecular weight is 226 g/mol. The smallest absolute Gasteiger partial charge is 0.0693 e. The van der Waals surface area contributed by atoms with Crippen LogP contribution >= 0.6 is 0 Å². The van der Waals surface area contributed by atoms with Crippen LogP contribution in [0.3, 0.4) is 0 Å². The van der Waals surface area contributed by atoms with Crippen LogP contribution in [0.15, 0.2) is 0 Å². The van der Waals surface area contributed by atoms with Gasteiger partial charge in [-0.2, -0.15) is 0 Å². The van der Waals surface area contributed by atoms with Crippen LogP contribution in [-0.4, -0.2) is 48.3 Å². The fourth-order valence-corrected chi connectivity index (χ4v) is 3.31. The van der Waals surface area contributed by atoms with Gasteiger partial charge in [-0.3, -0.25) is 0 Å². The summed E-state index contributed by atoms with van der Waals surface area (Å²) in [5.41, 5.74) is 0.350. The highest BCUT2D eigenvalue weighted by Crippen LogP contribution is 2.33. The number of rotatable bonds is 4. The Morgan fingerprint density at radius 2 is 1.88 bits per heavy atom. The maximum atomic E-state index is 9.81. The molecular weight excluding hydrogens is 200 g/mol. The Balaban J connectivity index is 1.87. The van der Waals surface area contributed by atoms with E-state index in [-0.39, 0.29) is 6.10 Å². The van der Waals surface area contributed by atoms with Crippen molar-refractivity contribution in [2.45, 2.75) is 62.6 Å². The first-order chi connectivity index (χ1) is 7.64. The van der Waals surface area contributed by atoms with Crippen LogP contribution in [0, 0.1) is 0 Å². The number of aliphatic hydroxyl groups excluding tert-OH is 1. The van der Waals surface area contributed by atoms with Crippen molar-refractivity contribution in [1.82, 2.24) is 10.2 Å². The summed E-state index contributed by atoms with van der Waals surface area (Å²) in [4.78, 5) is 2.38. The van der Waals surface area contributed by atoms with E-state index in [1.807, 2.05) is 0 Å². The molecule has 94 valence electrons. The molecule has 0 aromatic carbocycles. The summed E-state index contributed by atoms with van der Waals surface area (Å²) in [6.07, 6.45) is 8.50. The van der Waals surface area contributed by atoms with Crippen LogP contribution in [0.5, 0.6) is 0 Å². The van der Waals surface area contributed by atoms with E-state index < -0.39 is 0 Å². The normalized spacial score (nSPS) is 33.8. The molecule has 2 unspecified atom stereocenters. The number of hydrogen-bond acceptors (Lipinski definition) is 3. The van der Waals surface area contributed by atoms with Crippen LogP contribution in [0.4, 0.5) is 0 Å². The van der Waals surface area contributed by atoms with Crippen molar-refractivity contribution >= 4 is 0 Å². The van der Waals surface area contributed by atoms with E-state index in [4.69, 9.17) is 0 Å². The van der Waals surface area contributed by atoms with E-state index in [9.17, 15) is 5.11 Å².